The Balaban J connectivity index is 2.72. The lowest BCUT2D eigenvalue weighted by Crippen LogP contribution is -2.13. The Hall–Kier alpha value is -1.77. The van der Waals surface area contributed by atoms with E-state index < -0.39 is 5.97 Å². The predicted octanol–water partition coefficient (Wildman–Crippen LogP) is 2.54. The zero-order chi connectivity index (χ0) is 11.3. The molecule has 3 heteroatoms. The summed E-state index contributed by atoms with van der Waals surface area (Å²) in [4.78, 5) is 11.2. The smallest absolute Gasteiger partial charge is 0.373 e. The maximum absolute atomic E-state index is 11.2. The fourth-order valence-corrected chi connectivity index (χ4v) is 1.04. The quantitative estimate of drug-likeness (QED) is 0.469. The summed E-state index contributed by atoms with van der Waals surface area (Å²) >= 11 is 0. The van der Waals surface area contributed by atoms with E-state index in [9.17, 15) is 9.90 Å². The molecule has 0 bridgehead atoms. The van der Waals surface area contributed by atoms with Crippen LogP contribution in [0.2, 0.25) is 0 Å². The highest BCUT2D eigenvalue weighted by atomic mass is 16.6. The predicted molar refractivity (Wildman–Crippen MR) is 58.3 cm³/mol. The van der Waals surface area contributed by atoms with E-state index in [2.05, 4.69) is 0 Å². The van der Waals surface area contributed by atoms with E-state index in [1.54, 1.807) is 26.0 Å². The van der Waals surface area contributed by atoms with Gasteiger partial charge in [-0.3, -0.25) is 0 Å². The summed E-state index contributed by atoms with van der Waals surface area (Å²) in [7, 11) is 0. The van der Waals surface area contributed by atoms with Crippen LogP contribution in [-0.4, -0.2) is 17.2 Å². The Labute approximate surface area is 89.0 Å². The molecule has 0 atom stereocenters. The van der Waals surface area contributed by atoms with Crippen LogP contribution in [0.4, 0.5) is 0 Å². The molecule has 1 aromatic rings. The topological polar surface area (TPSA) is 46.5 Å². The van der Waals surface area contributed by atoms with Crippen LogP contribution in [0.1, 0.15) is 19.4 Å². The molecule has 80 valence electrons. The standard InChI is InChI=1S/C12H14O3/c1-9(2)15-12(14)11(13)8-10-6-4-3-5-7-10/h3-9,13H,1-2H3. The second kappa shape index (κ2) is 5.20. The van der Waals surface area contributed by atoms with Crippen molar-refractivity contribution in [3.63, 3.8) is 0 Å². The van der Waals surface area contributed by atoms with E-state index in [0.29, 0.717) is 0 Å². The van der Waals surface area contributed by atoms with Crippen LogP contribution >= 0.6 is 0 Å². The van der Waals surface area contributed by atoms with Crippen molar-refractivity contribution >= 4 is 12.0 Å². The van der Waals surface area contributed by atoms with Crippen molar-refractivity contribution in [1.29, 1.82) is 0 Å². The molecule has 0 aliphatic carbocycles. The number of aliphatic hydroxyl groups is 1. The van der Waals surface area contributed by atoms with Gasteiger partial charge in [0, 0.05) is 0 Å². The molecule has 1 aromatic carbocycles. The first-order valence-corrected chi connectivity index (χ1v) is 4.76. The first-order valence-electron chi connectivity index (χ1n) is 4.76. The third kappa shape index (κ3) is 3.85. The fraction of sp³-hybridized carbons (Fsp3) is 0.250. The number of esters is 1. The van der Waals surface area contributed by atoms with Gasteiger partial charge in [0.1, 0.15) is 0 Å². The van der Waals surface area contributed by atoms with Crippen molar-refractivity contribution in [2.24, 2.45) is 0 Å². The Bertz CT molecular complexity index is 352. The average Bonchev–Trinajstić information content (AvgIpc) is 2.18. The number of hydrogen-bond acceptors (Lipinski definition) is 3. The highest BCUT2D eigenvalue weighted by Crippen LogP contribution is 2.06. The van der Waals surface area contributed by atoms with Gasteiger partial charge < -0.3 is 9.84 Å². The van der Waals surface area contributed by atoms with Crippen LogP contribution in [0.3, 0.4) is 0 Å². The molecule has 0 spiro atoms. The second-order valence-electron chi connectivity index (χ2n) is 3.39. The van der Waals surface area contributed by atoms with Crippen molar-refractivity contribution in [1.82, 2.24) is 0 Å². The summed E-state index contributed by atoms with van der Waals surface area (Å²) in [6.45, 7) is 3.46. The first-order chi connectivity index (χ1) is 7.09. The van der Waals surface area contributed by atoms with Gasteiger partial charge in [-0.15, -0.1) is 0 Å². The minimum Gasteiger partial charge on any atom is -0.502 e. The van der Waals surface area contributed by atoms with Crippen molar-refractivity contribution in [2.45, 2.75) is 20.0 Å². The highest BCUT2D eigenvalue weighted by Gasteiger charge is 2.10. The van der Waals surface area contributed by atoms with E-state index in [4.69, 9.17) is 4.74 Å². The van der Waals surface area contributed by atoms with Gasteiger partial charge in [0.05, 0.1) is 6.10 Å². The molecule has 0 unspecified atom stereocenters. The third-order valence-corrected chi connectivity index (χ3v) is 1.65. The molecule has 0 saturated heterocycles. The van der Waals surface area contributed by atoms with Crippen molar-refractivity contribution in [3.05, 3.63) is 41.7 Å². The fourth-order valence-electron chi connectivity index (χ4n) is 1.04. The van der Waals surface area contributed by atoms with Gasteiger partial charge in [-0.1, -0.05) is 30.3 Å². The lowest BCUT2D eigenvalue weighted by atomic mass is 10.2. The zero-order valence-corrected chi connectivity index (χ0v) is 8.81. The minimum atomic E-state index is -0.700. The lowest BCUT2D eigenvalue weighted by molar-refractivity contribution is -0.145. The molecule has 0 fully saturated rings. The summed E-state index contributed by atoms with van der Waals surface area (Å²) in [5.74, 6) is -1.08. The van der Waals surface area contributed by atoms with Crippen LogP contribution in [0.5, 0.6) is 0 Å². The summed E-state index contributed by atoms with van der Waals surface area (Å²) in [5.41, 5.74) is 0.760. The van der Waals surface area contributed by atoms with E-state index in [1.165, 1.54) is 6.08 Å². The summed E-state index contributed by atoms with van der Waals surface area (Å²) in [6, 6.07) is 9.10. The number of aliphatic hydroxyl groups excluding tert-OH is 1. The summed E-state index contributed by atoms with van der Waals surface area (Å²) in [5, 5.41) is 9.41. The zero-order valence-electron chi connectivity index (χ0n) is 8.81. The van der Waals surface area contributed by atoms with E-state index >= 15 is 0 Å². The highest BCUT2D eigenvalue weighted by molar-refractivity contribution is 5.90. The Morgan fingerprint density at radius 1 is 1.33 bits per heavy atom. The number of ether oxygens (including phenoxy) is 1. The van der Waals surface area contributed by atoms with Gasteiger partial charge in [-0.2, -0.15) is 0 Å². The first kappa shape index (κ1) is 11.3. The molecule has 0 amide bonds. The normalized spacial score (nSPS) is 11.5. The van der Waals surface area contributed by atoms with Crippen molar-refractivity contribution < 1.29 is 14.6 Å². The average molecular weight is 206 g/mol. The van der Waals surface area contributed by atoms with Crippen LogP contribution < -0.4 is 0 Å². The maximum Gasteiger partial charge on any atom is 0.373 e. The molecule has 15 heavy (non-hydrogen) atoms. The SMILES string of the molecule is CC(C)OC(=O)C(O)=Cc1ccccc1. The number of benzene rings is 1. The maximum atomic E-state index is 11.2. The van der Waals surface area contributed by atoms with Crippen LogP contribution in [-0.2, 0) is 9.53 Å². The number of hydrogen-bond donors (Lipinski definition) is 1. The van der Waals surface area contributed by atoms with Crippen LogP contribution in [0, 0.1) is 0 Å². The van der Waals surface area contributed by atoms with E-state index in [1.807, 2.05) is 18.2 Å². The van der Waals surface area contributed by atoms with Gasteiger partial charge in [0.2, 0.25) is 5.76 Å². The number of carbonyl (C=O) groups is 1. The molecule has 0 aliphatic heterocycles. The van der Waals surface area contributed by atoms with Gasteiger partial charge in [0.15, 0.2) is 0 Å². The molecule has 1 N–H and O–H groups in total. The molecule has 1 rings (SSSR count). The van der Waals surface area contributed by atoms with E-state index in [-0.39, 0.29) is 11.9 Å². The molecule has 3 nitrogen and oxygen atoms in total. The van der Waals surface area contributed by atoms with Crippen molar-refractivity contribution in [3.8, 4) is 0 Å². The largest absolute Gasteiger partial charge is 0.502 e. The molecule has 0 saturated carbocycles. The van der Waals surface area contributed by atoms with Gasteiger partial charge in [0.25, 0.3) is 0 Å². The molecular weight excluding hydrogens is 192 g/mol. The number of rotatable bonds is 3. The summed E-state index contributed by atoms with van der Waals surface area (Å²) in [6.07, 6.45) is 1.15. The monoisotopic (exact) mass is 206 g/mol. The molecule has 0 heterocycles. The third-order valence-electron chi connectivity index (χ3n) is 1.65. The molecule has 0 aliphatic rings. The van der Waals surface area contributed by atoms with Gasteiger partial charge in [-0.25, -0.2) is 4.79 Å². The van der Waals surface area contributed by atoms with Gasteiger partial charge in [-0.05, 0) is 25.5 Å². The Morgan fingerprint density at radius 2 is 1.93 bits per heavy atom. The summed E-state index contributed by atoms with van der Waals surface area (Å²) < 4.78 is 4.83. The molecule has 0 radical (unpaired) electrons. The second-order valence-corrected chi connectivity index (χ2v) is 3.39. The lowest BCUT2D eigenvalue weighted by Gasteiger charge is -2.06. The Morgan fingerprint density at radius 3 is 2.47 bits per heavy atom. The van der Waals surface area contributed by atoms with E-state index in [0.717, 1.165) is 5.56 Å². The van der Waals surface area contributed by atoms with Crippen LogP contribution in [0.15, 0.2) is 36.1 Å². The van der Waals surface area contributed by atoms with Gasteiger partial charge >= 0.3 is 5.97 Å². The van der Waals surface area contributed by atoms with Crippen LogP contribution in [0.25, 0.3) is 6.08 Å². The Kier molecular flexibility index (Phi) is 3.92. The molecular formula is C12H14O3. The minimum absolute atomic E-state index is 0.233. The van der Waals surface area contributed by atoms with Crippen molar-refractivity contribution in [2.75, 3.05) is 0 Å². The number of carbonyl (C=O) groups excluding carboxylic acids is 1. The molecule has 0 aromatic heterocycles.